The zero-order valence-corrected chi connectivity index (χ0v) is 12.2. The summed E-state index contributed by atoms with van der Waals surface area (Å²) < 4.78 is 0. The molecule has 0 amide bonds. The van der Waals surface area contributed by atoms with Crippen LogP contribution in [0.2, 0.25) is 0 Å². The first kappa shape index (κ1) is 13.7. The van der Waals surface area contributed by atoms with Crippen LogP contribution in [0.15, 0.2) is 72.4 Å². The molecule has 3 heteroatoms. The second kappa shape index (κ2) is 6.95. The van der Waals surface area contributed by atoms with E-state index in [1.165, 1.54) is 17.8 Å². The van der Waals surface area contributed by atoms with Crippen molar-refractivity contribution in [2.75, 3.05) is 18.5 Å². The Morgan fingerprint density at radius 3 is 2.24 bits per heavy atom. The monoisotopic (exact) mass is 280 g/mol. The zero-order chi connectivity index (χ0) is 14.3. The van der Waals surface area contributed by atoms with Crippen molar-refractivity contribution in [1.29, 1.82) is 0 Å². The van der Waals surface area contributed by atoms with Gasteiger partial charge in [-0.05, 0) is 18.2 Å². The SMILES string of the molecule is C1=C(NNc2ccccc2)CC[NH+](Cc2ccccc2)C1. The van der Waals surface area contributed by atoms with Crippen LogP contribution in [-0.4, -0.2) is 13.1 Å². The fourth-order valence-electron chi connectivity index (χ4n) is 2.62. The molecule has 2 aromatic rings. The van der Waals surface area contributed by atoms with Gasteiger partial charge in [0.1, 0.15) is 6.54 Å². The number of rotatable bonds is 5. The Balaban J connectivity index is 1.48. The molecule has 21 heavy (non-hydrogen) atoms. The van der Waals surface area contributed by atoms with Crippen LogP contribution in [0.3, 0.4) is 0 Å². The van der Waals surface area contributed by atoms with Crippen molar-refractivity contribution in [2.45, 2.75) is 13.0 Å². The summed E-state index contributed by atoms with van der Waals surface area (Å²) in [7, 11) is 0. The molecular formula is C18H22N3+. The first-order chi connectivity index (χ1) is 10.4. The normalized spacial score (nSPS) is 17.9. The molecule has 1 atom stereocenters. The lowest BCUT2D eigenvalue weighted by Gasteiger charge is -2.24. The maximum absolute atomic E-state index is 3.32. The van der Waals surface area contributed by atoms with Gasteiger partial charge in [0.05, 0.1) is 18.8 Å². The minimum Gasteiger partial charge on any atom is -0.328 e. The first-order valence-corrected chi connectivity index (χ1v) is 7.54. The van der Waals surface area contributed by atoms with Gasteiger partial charge in [-0.3, -0.25) is 0 Å². The highest BCUT2D eigenvalue weighted by Gasteiger charge is 2.14. The molecule has 1 aliphatic heterocycles. The highest BCUT2D eigenvalue weighted by atomic mass is 15.4. The standard InChI is InChI=1S/C18H21N3/c1-3-7-16(8-4-1)15-21-13-11-18(12-14-21)20-19-17-9-5-2-6-10-17/h1-11,19-20H,12-15H2/p+1. The van der Waals surface area contributed by atoms with E-state index in [1.807, 2.05) is 18.2 Å². The average molecular weight is 280 g/mol. The van der Waals surface area contributed by atoms with E-state index in [0.29, 0.717) is 0 Å². The molecular weight excluding hydrogens is 258 g/mol. The predicted molar refractivity (Wildman–Crippen MR) is 86.7 cm³/mol. The summed E-state index contributed by atoms with van der Waals surface area (Å²) in [4.78, 5) is 1.62. The molecule has 3 rings (SSSR count). The van der Waals surface area contributed by atoms with Crippen LogP contribution in [0.1, 0.15) is 12.0 Å². The van der Waals surface area contributed by atoms with Crippen LogP contribution in [0.4, 0.5) is 5.69 Å². The van der Waals surface area contributed by atoms with Gasteiger partial charge in [0.25, 0.3) is 0 Å². The smallest absolute Gasteiger partial charge is 0.103 e. The van der Waals surface area contributed by atoms with Crippen LogP contribution in [-0.2, 0) is 6.54 Å². The van der Waals surface area contributed by atoms with Crippen LogP contribution >= 0.6 is 0 Å². The molecule has 3 nitrogen and oxygen atoms in total. The predicted octanol–water partition coefficient (Wildman–Crippen LogP) is 1.98. The van der Waals surface area contributed by atoms with Gasteiger partial charge in [0.15, 0.2) is 0 Å². The van der Waals surface area contributed by atoms with Gasteiger partial charge in [-0.2, -0.15) is 0 Å². The van der Waals surface area contributed by atoms with Crippen LogP contribution < -0.4 is 15.8 Å². The summed E-state index contributed by atoms with van der Waals surface area (Å²) in [6.45, 7) is 3.36. The van der Waals surface area contributed by atoms with Gasteiger partial charge in [-0.1, -0.05) is 48.5 Å². The lowest BCUT2D eigenvalue weighted by Crippen LogP contribution is -3.11. The number of hydrogen-bond donors (Lipinski definition) is 3. The van der Waals surface area contributed by atoms with Crippen molar-refractivity contribution < 1.29 is 4.90 Å². The van der Waals surface area contributed by atoms with Crippen LogP contribution in [0, 0.1) is 0 Å². The van der Waals surface area contributed by atoms with E-state index in [0.717, 1.165) is 25.2 Å². The summed E-state index contributed by atoms with van der Waals surface area (Å²) in [5, 5.41) is 0. The van der Waals surface area contributed by atoms with E-state index >= 15 is 0 Å². The maximum Gasteiger partial charge on any atom is 0.103 e. The molecule has 1 heterocycles. The van der Waals surface area contributed by atoms with Gasteiger partial charge in [0, 0.05) is 17.7 Å². The molecule has 0 aromatic heterocycles. The second-order valence-electron chi connectivity index (χ2n) is 5.46. The third kappa shape index (κ3) is 4.10. The topological polar surface area (TPSA) is 28.5 Å². The molecule has 0 spiro atoms. The minimum absolute atomic E-state index is 1.08. The van der Waals surface area contributed by atoms with Gasteiger partial charge in [-0.25, -0.2) is 0 Å². The van der Waals surface area contributed by atoms with Crippen molar-refractivity contribution in [1.82, 2.24) is 5.43 Å². The largest absolute Gasteiger partial charge is 0.328 e. The summed E-state index contributed by atoms with van der Waals surface area (Å²) in [6, 6.07) is 20.9. The van der Waals surface area contributed by atoms with Crippen molar-refractivity contribution in [3.63, 3.8) is 0 Å². The number of quaternary nitrogens is 1. The minimum atomic E-state index is 1.08. The summed E-state index contributed by atoms with van der Waals surface area (Å²) >= 11 is 0. The van der Waals surface area contributed by atoms with Crippen LogP contribution in [0.25, 0.3) is 0 Å². The molecule has 2 aromatic carbocycles. The van der Waals surface area contributed by atoms with E-state index < -0.39 is 0 Å². The number of hydrazine groups is 1. The molecule has 1 unspecified atom stereocenters. The number of benzene rings is 2. The Hall–Kier alpha value is -2.26. The van der Waals surface area contributed by atoms with Gasteiger partial charge in [0.2, 0.25) is 0 Å². The fourth-order valence-corrected chi connectivity index (χ4v) is 2.62. The first-order valence-electron chi connectivity index (χ1n) is 7.54. The fraction of sp³-hybridized carbons (Fsp3) is 0.222. The highest BCUT2D eigenvalue weighted by molar-refractivity contribution is 5.41. The lowest BCUT2D eigenvalue weighted by molar-refractivity contribution is -0.909. The molecule has 0 saturated carbocycles. The van der Waals surface area contributed by atoms with Gasteiger partial charge < -0.3 is 15.8 Å². The Bertz CT molecular complexity index is 578. The summed E-state index contributed by atoms with van der Waals surface area (Å²) in [5.74, 6) is 0. The molecule has 3 N–H and O–H groups in total. The summed E-state index contributed by atoms with van der Waals surface area (Å²) in [5.41, 5.74) is 10.4. The van der Waals surface area contributed by atoms with Crippen molar-refractivity contribution in [2.24, 2.45) is 0 Å². The Morgan fingerprint density at radius 1 is 0.857 bits per heavy atom. The molecule has 0 fully saturated rings. The Labute approximate surface area is 126 Å². The molecule has 108 valence electrons. The second-order valence-corrected chi connectivity index (χ2v) is 5.46. The van der Waals surface area contributed by atoms with E-state index in [9.17, 15) is 0 Å². The van der Waals surface area contributed by atoms with E-state index in [4.69, 9.17) is 0 Å². The number of hydrogen-bond acceptors (Lipinski definition) is 2. The van der Waals surface area contributed by atoms with Gasteiger partial charge >= 0.3 is 0 Å². The maximum atomic E-state index is 3.32. The van der Waals surface area contributed by atoms with E-state index in [-0.39, 0.29) is 0 Å². The third-order valence-electron chi connectivity index (χ3n) is 3.82. The van der Waals surface area contributed by atoms with Crippen molar-refractivity contribution >= 4 is 5.69 Å². The van der Waals surface area contributed by atoms with E-state index in [2.05, 4.69) is 59.4 Å². The average Bonchev–Trinajstić information content (AvgIpc) is 2.56. The molecule has 1 aliphatic rings. The van der Waals surface area contributed by atoms with Gasteiger partial charge in [-0.15, -0.1) is 0 Å². The molecule has 0 saturated heterocycles. The molecule has 0 radical (unpaired) electrons. The third-order valence-corrected chi connectivity index (χ3v) is 3.82. The number of nitrogens with one attached hydrogen (secondary N) is 3. The Morgan fingerprint density at radius 2 is 1.57 bits per heavy atom. The summed E-state index contributed by atoms with van der Waals surface area (Å²) in [6.07, 6.45) is 3.39. The van der Waals surface area contributed by atoms with Crippen molar-refractivity contribution in [3.05, 3.63) is 78.0 Å². The number of anilines is 1. The number of para-hydroxylation sites is 1. The molecule has 0 aliphatic carbocycles. The Kier molecular flexibility index (Phi) is 4.54. The zero-order valence-electron chi connectivity index (χ0n) is 12.2. The van der Waals surface area contributed by atoms with Crippen molar-refractivity contribution in [3.8, 4) is 0 Å². The van der Waals surface area contributed by atoms with E-state index in [1.54, 1.807) is 4.90 Å². The highest BCUT2D eigenvalue weighted by Crippen LogP contribution is 2.05. The quantitative estimate of drug-likeness (QED) is 0.731. The molecule has 0 bridgehead atoms. The van der Waals surface area contributed by atoms with Crippen LogP contribution in [0.5, 0.6) is 0 Å². The lowest BCUT2D eigenvalue weighted by atomic mass is 10.1.